The fraction of sp³-hybridized carbons (Fsp3) is 0.429. The van der Waals surface area contributed by atoms with Gasteiger partial charge in [-0.1, -0.05) is 37.3 Å². The lowest BCUT2D eigenvalue weighted by atomic mass is 9.54. The van der Waals surface area contributed by atoms with E-state index in [0.29, 0.717) is 0 Å². The van der Waals surface area contributed by atoms with Gasteiger partial charge >= 0.3 is 0 Å². The van der Waals surface area contributed by atoms with Gasteiger partial charge in [0, 0.05) is 11.8 Å². The standard InChI is InChI=1S/C21H21N5/c1-2-9-26-10-8-16-17(11-22)20(25)21(13-23,14-24)19(18(16)12-26)15-6-4-3-5-7-15/h3-8,17-19,25H,2,9-10,12H2,1H3/p+1/t17?,18-,19+/m1/s1. The zero-order valence-corrected chi connectivity index (χ0v) is 14.9. The molecule has 1 aromatic carbocycles. The first-order chi connectivity index (χ1) is 12.6. The van der Waals surface area contributed by atoms with Crippen molar-refractivity contribution in [3.05, 3.63) is 47.5 Å². The SMILES string of the molecule is CCC[NH+]1CC=C2C(C#N)C(=N)C(C#N)(C#N)[C@@H](c3ccccc3)[C@@H]2C1. The van der Waals surface area contributed by atoms with E-state index in [1.165, 1.54) is 4.90 Å². The molecular formula is C21H22N5+. The quantitative estimate of drug-likeness (QED) is 0.818. The number of nitriles is 3. The molecule has 0 radical (unpaired) electrons. The Morgan fingerprint density at radius 3 is 2.46 bits per heavy atom. The van der Waals surface area contributed by atoms with Crippen LogP contribution < -0.4 is 4.90 Å². The Kier molecular flexibility index (Phi) is 4.90. The van der Waals surface area contributed by atoms with E-state index < -0.39 is 17.3 Å². The molecule has 26 heavy (non-hydrogen) atoms. The summed E-state index contributed by atoms with van der Waals surface area (Å²) in [5, 5.41) is 38.2. The van der Waals surface area contributed by atoms with Crippen molar-refractivity contribution in [2.45, 2.75) is 19.3 Å². The van der Waals surface area contributed by atoms with Crippen molar-refractivity contribution in [3.63, 3.8) is 0 Å². The molecule has 1 fully saturated rings. The van der Waals surface area contributed by atoms with Gasteiger partial charge < -0.3 is 10.3 Å². The van der Waals surface area contributed by atoms with E-state index in [4.69, 9.17) is 5.41 Å². The first-order valence-corrected chi connectivity index (χ1v) is 9.02. The van der Waals surface area contributed by atoms with Gasteiger partial charge in [0.05, 0.1) is 43.6 Å². The summed E-state index contributed by atoms with van der Waals surface area (Å²) in [4.78, 5) is 1.40. The molecule has 2 unspecified atom stereocenters. The van der Waals surface area contributed by atoms with Gasteiger partial charge in [-0.05, 0) is 23.6 Å². The van der Waals surface area contributed by atoms with E-state index in [9.17, 15) is 15.8 Å². The van der Waals surface area contributed by atoms with Crippen LogP contribution in [0.3, 0.4) is 0 Å². The number of nitrogens with zero attached hydrogens (tertiary/aromatic N) is 3. The lowest BCUT2D eigenvalue weighted by molar-refractivity contribution is -0.899. The largest absolute Gasteiger partial charge is 0.331 e. The summed E-state index contributed by atoms with van der Waals surface area (Å²) < 4.78 is 0. The van der Waals surface area contributed by atoms with Crippen molar-refractivity contribution in [2.75, 3.05) is 19.6 Å². The van der Waals surface area contributed by atoms with Crippen LogP contribution in [0.15, 0.2) is 42.0 Å². The maximum atomic E-state index is 9.97. The summed E-state index contributed by atoms with van der Waals surface area (Å²) in [7, 11) is 0. The van der Waals surface area contributed by atoms with Gasteiger partial charge in [0.2, 0.25) is 0 Å². The van der Waals surface area contributed by atoms with Gasteiger partial charge in [-0.3, -0.25) is 0 Å². The highest BCUT2D eigenvalue weighted by Crippen LogP contribution is 2.52. The van der Waals surface area contributed by atoms with Crippen LogP contribution in [-0.4, -0.2) is 25.3 Å². The smallest absolute Gasteiger partial charge is 0.189 e. The zero-order chi connectivity index (χ0) is 18.7. The average molecular weight is 344 g/mol. The van der Waals surface area contributed by atoms with Crippen LogP contribution >= 0.6 is 0 Å². The summed E-state index contributed by atoms with van der Waals surface area (Å²) in [5.41, 5.74) is 0.149. The highest BCUT2D eigenvalue weighted by atomic mass is 15.1. The minimum absolute atomic E-state index is 0.0692. The molecule has 0 spiro atoms. The molecule has 1 aliphatic heterocycles. The molecule has 1 saturated carbocycles. The summed E-state index contributed by atoms with van der Waals surface area (Å²) >= 11 is 0. The topological polar surface area (TPSA) is 99.7 Å². The molecule has 5 heteroatoms. The van der Waals surface area contributed by atoms with Gasteiger partial charge in [0.15, 0.2) is 5.41 Å². The maximum absolute atomic E-state index is 9.97. The Bertz CT molecular complexity index is 835. The fourth-order valence-electron chi connectivity index (χ4n) is 4.56. The lowest BCUT2D eigenvalue weighted by Crippen LogP contribution is -3.13. The van der Waals surface area contributed by atoms with Crippen molar-refractivity contribution in [2.24, 2.45) is 17.3 Å². The second-order valence-corrected chi connectivity index (χ2v) is 7.11. The fourth-order valence-corrected chi connectivity index (χ4v) is 4.56. The number of hydrogen-bond acceptors (Lipinski definition) is 4. The molecule has 130 valence electrons. The molecule has 2 aliphatic rings. The van der Waals surface area contributed by atoms with E-state index in [0.717, 1.165) is 37.2 Å². The van der Waals surface area contributed by atoms with Crippen LogP contribution in [0.1, 0.15) is 24.8 Å². The first-order valence-electron chi connectivity index (χ1n) is 9.02. The summed E-state index contributed by atoms with van der Waals surface area (Å²) in [6.07, 6.45) is 3.14. The molecule has 4 atom stereocenters. The lowest BCUT2D eigenvalue weighted by Gasteiger charge is -2.46. The molecule has 0 amide bonds. The number of hydrogen-bond donors (Lipinski definition) is 2. The van der Waals surface area contributed by atoms with Crippen molar-refractivity contribution in [3.8, 4) is 18.2 Å². The van der Waals surface area contributed by atoms with Crippen molar-refractivity contribution in [1.82, 2.24) is 0 Å². The molecule has 3 rings (SSSR count). The molecule has 0 bridgehead atoms. The normalized spacial score (nSPS) is 29.5. The van der Waals surface area contributed by atoms with Crippen molar-refractivity contribution < 1.29 is 4.90 Å². The predicted octanol–water partition coefficient (Wildman–Crippen LogP) is 1.83. The highest BCUT2D eigenvalue weighted by molar-refractivity contribution is 6.00. The van der Waals surface area contributed by atoms with E-state index in [-0.39, 0.29) is 11.6 Å². The number of quaternary nitrogens is 1. The molecule has 0 saturated heterocycles. The Morgan fingerprint density at radius 1 is 1.19 bits per heavy atom. The van der Waals surface area contributed by atoms with E-state index in [1.54, 1.807) is 0 Å². The maximum Gasteiger partial charge on any atom is 0.189 e. The molecule has 1 heterocycles. The molecule has 5 nitrogen and oxygen atoms in total. The second kappa shape index (κ2) is 7.12. The Morgan fingerprint density at radius 2 is 1.88 bits per heavy atom. The van der Waals surface area contributed by atoms with Crippen LogP contribution in [0.5, 0.6) is 0 Å². The van der Waals surface area contributed by atoms with Crippen LogP contribution in [-0.2, 0) is 0 Å². The summed E-state index contributed by atoms with van der Waals surface area (Å²) in [6, 6.07) is 16.0. The van der Waals surface area contributed by atoms with Gasteiger partial charge in [-0.2, -0.15) is 15.8 Å². The minimum atomic E-state index is -1.60. The van der Waals surface area contributed by atoms with Gasteiger partial charge in [0.25, 0.3) is 0 Å². The van der Waals surface area contributed by atoms with Crippen LogP contribution in [0.25, 0.3) is 0 Å². The van der Waals surface area contributed by atoms with E-state index >= 15 is 0 Å². The molecule has 1 aromatic rings. The minimum Gasteiger partial charge on any atom is -0.331 e. The number of benzene rings is 1. The third-order valence-electron chi connectivity index (χ3n) is 5.72. The molecule has 2 N–H and O–H groups in total. The Labute approximate surface area is 154 Å². The van der Waals surface area contributed by atoms with E-state index in [2.05, 4.69) is 31.2 Å². The highest BCUT2D eigenvalue weighted by Gasteiger charge is 2.58. The first kappa shape index (κ1) is 17.9. The van der Waals surface area contributed by atoms with Crippen LogP contribution in [0.2, 0.25) is 0 Å². The number of nitrogens with one attached hydrogen (secondary N) is 2. The zero-order valence-electron chi connectivity index (χ0n) is 14.9. The monoisotopic (exact) mass is 344 g/mol. The molecular weight excluding hydrogens is 322 g/mol. The van der Waals surface area contributed by atoms with Gasteiger partial charge in [-0.15, -0.1) is 0 Å². The molecule has 1 aliphatic carbocycles. The van der Waals surface area contributed by atoms with Gasteiger partial charge in [-0.25, -0.2) is 0 Å². The van der Waals surface area contributed by atoms with E-state index in [1.807, 2.05) is 30.3 Å². The third-order valence-corrected chi connectivity index (χ3v) is 5.72. The Balaban J connectivity index is 2.20. The summed E-state index contributed by atoms with van der Waals surface area (Å²) in [6.45, 7) is 4.78. The predicted molar refractivity (Wildman–Crippen MR) is 97.1 cm³/mol. The van der Waals surface area contributed by atoms with Crippen LogP contribution in [0, 0.1) is 56.7 Å². The summed E-state index contributed by atoms with van der Waals surface area (Å²) in [5.74, 6) is -1.28. The third kappa shape index (κ3) is 2.60. The number of fused-ring (bicyclic) bond motifs is 1. The van der Waals surface area contributed by atoms with Gasteiger partial charge in [0.1, 0.15) is 5.92 Å². The Hall–Kier alpha value is -2.94. The van der Waals surface area contributed by atoms with Crippen molar-refractivity contribution in [1.29, 1.82) is 21.2 Å². The second-order valence-electron chi connectivity index (χ2n) is 7.11. The molecule has 0 aromatic heterocycles. The average Bonchev–Trinajstić information content (AvgIpc) is 2.68. The van der Waals surface area contributed by atoms with Crippen LogP contribution in [0.4, 0.5) is 0 Å². The number of rotatable bonds is 3. The van der Waals surface area contributed by atoms with Crippen molar-refractivity contribution >= 4 is 5.71 Å².